The molecule has 0 atom stereocenters. The zero-order valence-electron chi connectivity index (χ0n) is 11.9. The van der Waals surface area contributed by atoms with Crippen molar-refractivity contribution in [1.29, 1.82) is 0 Å². The highest BCUT2D eigenvalue weighted by Gasteiger charge is 2.08. The molecule has 0 aliphatic carbocycles. The number of ether oxygens (including phenoxy) is 1. The Labute approximate surface area is 128 Å². The van der Waals surface area contributed by atoms with Crippen LogP contribution in [0.2, 0.25) is 5.02 Å². The fourth-order valence-corrected chi connectivity index (χ4v) is 2.01. The van der Waals surface area contributed by atoms with E-state index in [0.29, 0.717) is 22.1 Å². The van der Waals surface area contributed by atoms with Crippen LogP contribution in [0.5, 0.6) is 5.75 Å². The lowest BCUT2D eigenvalue weighted by Crippen LogP contribution is -2.21. The van der Waals surface area contributed by atoms with Crippen molar-refractivity contribution in [2.75, 3.05) is 17.7 Å². The van der Waals surface area contributed by atoms with Crippen LogP contribution in [-0.2, 0) is 4.79 Å². The number of halogens is 1. The maximum absolute atomic E-state index is 11.9. The van der Waals surface area contributed by atoms with E-state index in [1.165, 1.54) is 0 Å². The fraction of sp³-hybridized carbons (Fsp3) is 0.188. The number of hydrogen-bond donors (Lipinski definition) is 2. The number of carbonyl (C=O) groups excluding carboxylic acids is 1. The van der Waals surface area contributed by atoms with Gasteiger partial charge in [0.15, 0.2) is 6.61 Å². The van der Waals surface area contributed by atoms with E-state index < -0.39 is 0 Å². The van der Waals surface area contributed by atoms with Gasteiger partial charge in [0.05, 0.1) is 0 Å². The number of carbonyl (C=O) groups is 1. The molecule has 21 heavy (non-hydrogen) atoms. The number of anilines is 2. The number of nitrogens with two attached hydrogens (primary N) is 1. The average Bonchev–Trinajstić information content (AvgIpc) is 2.45. The van der Waals surface area contributed by atoms with Crippen LogP contribution in [0.15, 0.2) is 36.4 Å². The van der Waals surface area contributed by atoms with Crippen LogP contribution in [0.25, 0.3) is 0 Å². The van der Waals surface area contributed by atoms with Crippen LogP contribution in [0.3, 0.4) is 0 Å². The van der Waals surface area contributed by atoms with Gasteiger partial charge in [-0.3, -0.25) is 4.79 Å². The van der Waals surface area contributed by atoms with E-state index >= 15 is 0 Å². The van der Waals surface area contributed by atoms with Crippen molar-refractivity contribution >= 4 is 28.9 Å². The van der Waals surface area contributed by atoms with E-state index in [0.717, 1.165) is 11.1 Å². The molecule has 0 spiro atoms. The minimum Gasteiger partial charge on any atom is -0.483 e. The van der Waals surface area contributed by atoms with Crippen LogP contribution in [0, 0.1) is 13.8 Å². The third kappa shape index (κ3) is 3.89. The van der Waals surface area contributed by atoms with Gasteiger partial charge in [-0.15, -0.1) is 0 Å². The summed E-state index contributed by atoms with van der Waals surface area (Å²) in [6.45, 7) is 3.66. The SMILES string of the molecule is Cc1ccc(Cl)cc1OCC(=O)Nc1cccc(N)c1C. The van der Waals surface area contributed by atoms with E-state index in [-0.39, 0.29) is 12.5 Å². The first kappa shape index (κ1) is 15.2. The van der Waals surface area contributed by atoms with Gasteiger partial charge in [0.25, 0.3) is 5.91 Å². The molecule has 0 bridgehead atoms. The molecule has 0 saturated carbocycles. The summed E-state index contributed by atoms with van der Waals surface area (Å²) in [5, 5.41) is 3.35. The molecule has 0 radical (unpaired) electrons. The van der Waals surface area contributed by atoms with E-state index in [1.54, 1.807) is 30.3 Å². The highest BCUT2D eigenvalue weighted by atomic mass is 35.5. The van der Waals surface area contributed by atoms with E-state index in [1.807, 2.05) is 19.9 Å². The molecule has 0 fully saturated rings. The van der Waals surface area contributed by atoms with Crippen LogP contribution in [0.4, 0.5) is 11.4 Å². The van der Waals surface area contributed by atoms with Gasteiger partial charge in [0, 0.05) is 16.4 Å². The largest absolute Gasteiger partial charge is 0.483 e. The molecule has 2 rings (SSSR count). The number of aryl methyl sites for hydroxylation is 1. The molecular formula is C16H17ClN2O2. The Morgan fingerprint density at radius 1 is 1.29 bits per heavy atom. The fourth-order valence-electron chi connectivity index (χ4n) is 1.85. The van der Waals surface area contributed by atoms with Crippen molar-refractivity contribution in [3.8, 4) is 5.75 Å². The minimum atomic E-state index is -0.247. The number of benzene rings is 2. The molecule has 0 unspecified atom stereocenters. The molecule has 3 N–H and O–H groups in total. The van der Waals surface area contributed by atoms with Crippen molar-refractivity contribution in [1.82, 2.24) is 0 Å². The second kappa shape index (κ2) is 6.50. The first-order chi connectivity index (χ1) is 9.97. The van der Waals surface area contributed by atoms with E-state index in [2.05, 4.69) is 5.32 Å². The molecule has 2 aromatic carbocycles. The monoisotopic (exact) mass is 304 g/mol. The topological polar surface area (TPSA) is 64.3 Å². The molecule has 2 aromatic rings. The molecule has 0 aliphatic heterocycles. The minimum absolute atomic E-state index is 0.0879. The van der Waals surface area contributed by atoms with Crippen LogP contribution < -0.4 is 15.8 Å². The van der Waals surface area contributed by atoms with Crippen molar-refractivity contribution in [2.45, 2.75) is 13.8 Å². The highest BCUT2D eigenvalue weighted by molar-refractivity contribution is 6.30. The maximum atomic E-state index is 11.9. The molecule has 4 nitrogen and oxygen atoms in total. The van der Waals surface area contributed by atoms with Gasteiger partial charge in [-0.05, 0) is 49.2 Å². The zero-order valence-corrected chi connectivity index (χ0v) is 12.7. The Balaban J connectivity index is 1.99. The lowest BCUT2D eigenvalue weighted by atomic mass is 10.1. The van der Waals surface area contributed by atoms with Gasteiger partial charge in [0.2, 0.25) is 0 Å². The number of nitrogen functional groups attached to an aromatic ring is 1. The zero-order chi connectivity index (χ0) is 15.4. The summed E-state index contributed by atoms with van der Waals surface area (Å²) in [6, 6.07) is 10.7. The Morgan fingerprint density at radius 2 is 2.05 bits per heavy atom. The summed E-state index contributed by atoms with van der Waals surface area (Å²) in [5.41, 5.74) is 8.89. The van der Waals surface area contributed by atoms with Crippen molar-refractivity contribution in [3.05, 3.63) is 52.5 Å². The number of rotatable bonds is 4. The van der Waals surface area contributed by atoms with Gasteiger partial charge < -0.3 is 15.8 Å². The molecule has 0 aliphatic rings. The normalized spacial score (nSPS) is 10.2. The van der Waals surface area contributed by atoms with E-state index in [9.17, 15) is 4.79 Å². The first-order valence-corrected chi connectivity index (χ1v) is 6.89. The second-order valence-corrected chi connectivity index (χ2v) is 5.20. The van der Waals surface area contributed by atoms with Crippen molar-refractivity contribution in [3.63, 3.8) is 0 Å². The molecular weight excluding hydrogens is 288 g/mol. The smallest absolute Gasteiger partial charge is 0.262 e. The Hall–Kier alpha value is -2.20. The van der Waals surface area contributed by atoms with Gasteiger partial charge in [-0.25, -0.2) is 0 Å². The van der Waals surface area contributed by atoms with Crippen LogP contribution in [0.1, 0.15) is 11.1 Å². The number of amides is 1. The van der Waals surface area contributed by atoms with Crippen LogP contribution >= 0.6 is 11.6 Å². The van der Waals surface area contributed by atoms with Crippen LogP contribution in [-0.4, -0.2) is 12.5 Å². The quantitative estimate of drug-likeness (QED) is 0.849. The highest BCUT2D eigenvalue weighted by Crippen LogP contribution is 2.23. The van der Waals surface area contributed by atoms with Gasteiger partial charge in [-0.1, -0.05) is 23.7 Å². The van der Waals surface area contributed by atoms with Gasteiger partial charge in [0.1, 0.15) is 5.75 Å². The molecule has 0 aromatic heterocycles. The second-order valence-electron chi connectivity index (χ2n) is 4.77. The molecule has 0 saturated heterocycles. The number of nitrogens with one attached hydrogen (secondary N) is 1. The van der Waals surface area contributed by atoms with Gasteiger partial charge >= 0.3 is 0 Å². The summed E-state index contributed by atoms with van der Waals surface area (Å²) in [6.07, 6.45) is 0. The summed E-state index contributed by atoms with van der Waals surface area (Å²) in [4.78, 5) is 11.9. The van der Waals surface area contributed by atoms with Crippen molar-refractivity contribution in [2.24, 2.45) is 0 Å². The number of hydrogen-bond acceptors (Lipinski definition) is 3. The first-order valence-electron chi connectivity index (χ1n) is 6.51. The lowest BCUT2D eigenvalue weighted by molar-refractivity contribution is -0.118. The predicted molar refractivity (Wildman–Crippen MR) is 85.9 cm³/mol. The Morgan fingerprint density at radius 3 is 2.81 bits per heavy atom. The van der Waals surface area contributed by atoms with Crippen molar-refractivity contribution < 1.29 is 9.53 Å². The predicted octanol–water partition coefficient (Wildman–Crippen LogP) is 3.56. The van der Waals surface area contributed by atoms with E-state index in [4.69, 9.17) is 22.1 Å². The standard InChI is InChI=1S/C16H17ClN2O2/c1-10-6-7-12(17)8-15(10)21-9-16(20)19-14-5-3-4-13(18)11(14)2/h3-8H,9,18H2,1-2H3,(H,19,20). The molecule has 0 heterocycles. The Kier molecular flexibility index (Phi) is 4.70. The van der Waals surface area contributed by atoms with Gasteiger partial charge in [-0.2, -0.15) is 0 Å². The lowest BCUT2D eigenvalue weighted by Gasteiger charge is -2.12. The summed E-state index contributed by atoms with van der Waals surface area (Å²) in [7, 11) is 0. The third-order valence-corrected chi connectivity index (χ3v) is 3.39. The molecule has 110 valence electrons. The maximum Gasteiger partial charge on any atom is 0.262 e. The summed E-state index contributed by atoms with van der Waals surface area (Å²) >= 11 is 5.91. The molecule has 5 heteroatoms. The molecule has 1 amide bonds. The summed E-state index contributed by atoms with van der Waals surface area (Å²) in [5.74, 6) is 0.352. The third-order valence-electron chi connectivity index (χ3n) is 3.16. The summed E-state index contributed by atoms with van der Waals surface area (Å²) < 4.78 is 5.49. The average molecular weight is 305 g/mol. The Bertz CT molecular complexity index is 671.